The van der Waals surface area contributed by atoms with Crippen molar-refractivity contribution in [2.45, 2.75) is 382 Å². The average Bonchev–Trinajstić information content (AvgIpc) is 2.78. The van der Waals surface area contributed by atoms with E-state index in [2.05, 4.69) is 55.4 Å². The van der Waals surface area contributed by atoms with Gasteiger partial charge in [-0.2, -0.15) is 0 Å². The summed E-state index contributed by atoms with van der Waals surface area (Å²) in [6, 6.07) is 0. The van der Waals surface area contributed by atoms with Gasteiger partial charge in [-0.15, -0.1) is 0 Å². The van der Waals surface area contributed by atoms with Crippen molar-refractivity contribution in [3.63, 3.8) is 0 Å². The van der Waals surface area contributed by atoms with E-state index in [9.17, 15) is 43.2 Å². The number of phosphoric acid groups is 2. The van der Waals surface area contributed by atoms with E-state index in [1.807, 2.05) is 0 Å². The van der Waals surface area contributed by atoms with Gasteiger partial charge in [-0.3, -0.25) is 37.3 Å². The Bertz CT molecular complexity index is 1820. The first-order valence-corrected chi connectivity index (χ1v) is 40.8. The molecule has 0 heterocycles. The molecule has 0 saturated carbocycles. The standard InChI is InChI=1S/C73H142O17P2/c1-9-65(7)51-43-35-27-21-19-17-15-13-11-12-14-16-18-20-22-28-37-45-53-70(75)83-59-68(89-72(77)55-47-39-30-24-26-34-42-50-64(5)6)61-87-91(79,80)85-57-67(74)58-86-92(81,82)88-62-69(90-73(78)56-48-40-32-31-36-44-52-66(8)10-2)60-84-71(76)54-46-38-29-23-25-33-41-49-63(3)4/h63-69,74H,9-62H2,1-8H3,(H,79,80)(H,81,82)/t65?,66?,67?,68-,69-/m1/s1. The summed E-state index contributed by atoms with van der Waals surface area (Å²) >= 11 is 0. The first kappa shape index (κ1) is 90.1. The van der Waals surface area contributed by atoms with Crippen molar-refractivity contribution in [2.24, 2.45) is 23.7 Å². The minimum absolute atomic E-state index is 0.102. The second kappa shape index (κ2) is 62.6. The summed E-state index contributed by atoms with van der Waals surface area (Å²) in [6.45, 7) is 14.1. The number of carbonyl (C=O) groups excluding carboxylic acids is 4. The highest BCUT2D eigenvalue weighted by Gasteiger charge is 2.30. The molecule has 0 bridgehead atoms. The molecule has 0 saturated heterocycles. The summed E-state index contributed by atoms with van der Waals surface area (Å²) in [5.41, 5.74) is 0. The fourth-order valence-corrected chi connectivity index (χ4v) is 12.5. The zero-order valence-corrected chi connectivity index (χ0v) is 62.0. The summed E-state index contributed by atoms with van der Waals surface area (Å²) in [5.74, 6) is 0.862. The van der Waals surface area contributed by atoms with Crippen LogP contribution in [0.3, 0.4) is 0 Å². The predicted molar refractivity (Wildman–Crippen MR) is 372 cm³/mol. The van der Waals surface area contributed by atoms with Gasteiger partial charge in [0.25, 0.3) is 0 Å². The summed E-state index contributed by atoms with van der Waals surface area (Å²) < 4.78 is 68.3. The first-order chi connectivity index (χ1) is 44.2. The molecule has 0 aromatic rings. The van der Waals surface area contributed by atoms with E-state index in [1.165, 1.54) is 161 Å². The third-order valence-electron chi connectivity index (χ3n) is 17.5. The van der Waals surface area contributed by atoms with Gasteiger partial charge in [0.15, 0.2) is 12.2 Å². The van der Waals surface area contributed by atoms with Crippen LogP contribution in [-0.2, 0) is 65.4 Å². The largest absolute Gasteiger partial charge is 0.472 e. The van der Waals surface area contributed by atoms with Gasteiger partial charge < -0.3 is 33.8 Å². The fourth-order valence-electron chi connectivity index (χ4n) is 11.0. The molecule has 0 aliphatic heterocycles. The molecular weight excluding hydrogens is 1210 g/mol. The molecule has 17 nitrogen and oxygen atoms in total. The van der Waals surface area contributed by atoms with Crippen LogP contribution in [-0.4, -0.2) is 96.7 Å². The number of phosphoric ester groups is 2. The average molecular weight is 1350 g/mol. The quantitative estimate of drug-likeness (QED) is 0.0222. The number of unbranched alkanes of at least 4 members (excludes halogenated alkanes) is 34. The maximum Gasteiger partial charge on any atom is 0.472 e. The molecule has 0 rings (SSSR count). The Morgan fingerprint density at radius 1 is 0.304 bits per heavy atom. The maximum atomic E-state index is 13.0. The third kappa shape index (κ3) is 64.1. The molecule has 546 valence electrons. The van der Waals surface area contributed by atoms with Crippen LogP contribution >= 0.6 is 15.6 Å². The highest BCUT2D eigenvalue weighted by Crippen LogP contribution is 2.45. The Kier molecular flexibility index (Phi) is 61.3. The topological polar surface area (TPSA) is 237 Å². The molecule has 0 fully saturated rings. The van der Waals surface area contributed by atoms with Crippen molar-refractivity contribution >= 4 is 39.5 Å². The molecule has 0 spiro atoms. The number of esters is 4. The zero-order valence-electron chi connectivity index (χ0n) is 60.2. The van der Waals surface area contributed by atoms with E-state index < -0.39 is 97.5 Å². The van der Waals surface area contributed by atoms with Gasteiger partial charge in [-0.1, -0.05) is 312 Å². The minimum Gasteiger partial charge on any atom is -0.462 e. The molecule has 0 aliphatic carbocycles. The highest BCUT2D eigenvalue weighted by atomic mass is 31.2. The van der Waals surface area contributed by atoms with Crippen LogP contribution in [0.15, 0.2) is 0 Å². The summed E-state index contributed by atoms with van der Waals surface area (Å²) in [4.78, 5) is 72.5. The van der Waals surface area contributed by atoms with Crippen LogP contribution in [0.1, 0.15) is 364 Å². The summed E-state index contributed by atoms with van der Waals surface area (Å²) in [6.07, 6.45) is 46.2. The van der Waals surface area contributed by atoms with Gasteiger partial charge in [-0.25, -0.2) is 9.13 Å². The van der Waals surface area contributed by atoms with E-state index in [0.717, 1.165) is 108 Å². The normalized spacial score (nSPS) is 14.8. The summed E-state index contributed by atoms with van der Waals surface area (Å²) in [5, 5.41) is 10.6. The van der Waals surface area contributed by atoms with Crippen LogP contribution < -0.4 is 0 Å². The number of hydrogen-bond donors (Lipinski definition) is 3. The molecule has 7 atom stereocenters. The number of aliphatic hydroxyl groups is 1. The van der Waals surface area contributed by atoms with Crippen LogP contribution in [0.2, 0.25) is 0 Å². The van der Waals surface area contributed by atoms with Crippen LogP contribution in [0.5, 0.6) is 0 Å². The van der Waals surface area contributed by atoms with Crippen molar-refractivity contribution in [3.8, 4) is 0 Å². The number of rotatable bonds is 70. The lowest BCUT2D eigenvalue weighted by molar-refractivity contribution is -0.161. The second-order valence-corrected chi connectivity index (χ2v) is 30.7. The number of hydrogen-bond acceptors (Lipinski definition) is 15. The van der Waals surface area contributed by atoms with E-state index in [-0.39, 0.29) is 25.7 Å². The smallest absolute Gasteiger partial charge is 0.462 e. The van der Waals surface area contributed by atoms with Gasteiger partial charge >= 0.3 is 39.5 Å². The van der Waals surface area contributed by atoms with E-state index >= 15 is 0 Å². The van der Waals surface area contributed by atoms with Gasteiger partial charge in [-0.05, 0) is 49.4 Å². The monoisotopic (exact) mass is 1350 g/mol. The molecule has 19 heteroatoms. The Labute approximate surface area is 562 Å². The Morgan fingerprint density at radius 2 is 0.522 bits per heavy atom. The Balaban J connectivity index is 5.11. The highest BCUT2D eigenvalue weighted by molar-refractivity contribution is 7.47. The first-order valence-electron chi connectivity index (χ1n) is 37.8. The van der Waals surface area contributed by atoms with Crippen molar-refractivity contribution in [1.82, 2.24) is 0 Å². The molecule has 5 unspecified atom stereocenters. The Hall–Kier alpha value is -1.94. The van der Waals surface area contributed by atoms with Gasteiger partial charge in [0.05, 0.1) is 26.4 Å². The lowest BCUT2D eigenvalue weighted by Crippen LogP contribution is -2.30. The Morgan fingerprint density at radius 3 is 0.772 bits per heavy atom. The molecule has 0 aliphatic rings. The van der Waals surface area contributed by atoms with Gasteiger partial charge in [0, 0.05) is 25.7 Å². The van der Waals surface area contributed by atoms with E-state index in [0.29, 0.717) is 37.5 Å². The molecule has 0 amide bonds. The lowest BCUT2D eigenvalue weighted by atomic mass is 9.99. The molecular formula is C73H142O17P2. The minimum atomic E-state index is -4.95. The van der Waals surface area contributed by atoms with Crippen LogP contribution in [0.25, 0.3) is 0 Å². The van der Waals surface area contributed by atoms with Gasteiger partial charge in [0.2, 0.25) is 0 Å². The van der Waals surface area contributed by atoms with Crippen molar-refractivity contribution < 1.29 is 80.2 Å². The second-order valence-electron chi connectivity index (χ2n) is 27.8. The molecule has 0 radical (unpaired) electrons. The molecule has 0 aromatic heterocycles. The summed E-state index contributed by atoms with van der Waals surface area (Å²) in [7, 11) is -9.90. The fraction of sp³-hybridized carbons (Fsp3) is 0.945. The van der Waals surface area contributed by atoms with E-state index in [1.54, 1.807) is 0 Å². The predicted octanol–water partition coefficient (Wildman–Crippen LogP) is 20.9. The number of aliphatic hydroxyl groups excluding tert-OH is 1. The van der Waals surface area contributed by atoms with Crippen molar-refractivity contribution in [1.29, 1.82) is 0 Å². The SMILES string of the molecule is CCC(C)CCCCCCCCCCCCCCCCCCCCC(=O)OC[C@H](COP(=O)(O)OCC(O)COP(=O)(O)OC[C@@H](COC(=O)CCCCCCCCCC(C)C)OC(=O)CCCCCCCCC(C)CC)OC(=O)CCCCCCCCCC(C)C. The zero-order chi connectivity index (χ0) is 68.2. The van der Waals surface area contributed by atoms with Crippen LogP contribution in [0.4, 0.5) is 0 Å². The lowest BCUT2D eigenvalue weighted by Gasteiger charge is -2.21. The van der Waals surface area contributed by atoms with E-state index in [4.69, 9.17) is 37.0 Å². The van der Waals surface area contributed by atoms with Crippen LogP contribution in [0, 0.1) is 23.7 Å². The molecule has 0 aromatic carbocycles. The molecule has 92 heavy (non-hydrogen) atoms. The van der Waals surface area contributed by atoms with Crippen molar-refractivity contribution in [3.05, 3.63) is 0 Å². The van der Waals surface area contributed by atoms with Crippen molar-refractivity contribution in [2.75, 3.05) is 39.6 Å². The molecule has 3 N–H and O–H groups in total. The third-order valence-corrected chi connectivity index (χ3v) is 19.4. The maximum absolute atomic E-state index is 13.0. The number of ether oxygens (including phenoxy) is 4. The number of carbonyl (C=O) groups is 4. The van der Waals surface area contributed by atoms with Gasteiger partial charge in [0.1, 0.15) is 19.3 Å².